The maximum atomic E-state index is 12.1. The van der Waals surface area contributed by atoms with Crippen LogP contribution in [0.1, 0.15) is 15.9 Å². The molecule has 3 aromatic rings. The second kappa shape index (κ2) is 7.85. The molecule has 128 valence electrons. The highest BCUT2D eigenvalue weighted by Gasteiger charge is 2.10. The third-order valence-electron chi connectivity index (χ3n) is 3.76. The van der Waals surface area contributed by atoms with E-state index in [0.29, 0.717) is 11.1 Å². The average molecular weight is 345 g/mol. The molecule has 0 heterocycles. The van der Waals surface area contributed by atoms with Gasteiger partial charge >= 0.3 is 0 Å². The van der Waals surface area contributed by atoms with Gasteiger partial charge in [-0.05, 0) is 29.3 Å². The quantitative estimate of drug-likeness (QED) is 0.430. The minimum absolute atomic E-state index is 0.0716. The van der Waals surface area contributed by atoms with Crippen molar-refractivity contribution in [2.75, 3.05) is 0 Å². The molecule has 3 aromatic carbocycles. The summed E-state index contributed by atoms with van der Waals surface area (Å²) in [6.45, 7) is 0. The van der Waals surface area contributed by atoms with Crippen molar-refractivity contribution in [3.63, 3.8) is 0 Å². The van der Waals surface area contributed by atoms with E-state index in [1.54, 1.807) is 30.3 Å². The molecule has 1 N–H and O–H groups in total. The highest BCUT2D eigenvalue weighted by atomic mass is 16.6. The lowest BCUT2D eigenvalue weighted by Crippen LogP contribution is -2.17. The van der Waals surface area contributed by atoms with Crippen LogP contribution in [0, 0.1) is 10.1 Å². The Labute approximate surface area is 150 Å². The number of rotatable bonds is 5. The molecule has 6 nitrogen and oxygen atoms in total. The van der Waals surface area contributed by atoms with E-state index in [1.165, 1.54) is 12.3 Å². The van der Waals surface area contributed by atoms with Crippen molar-refractivity contribution in [1.82, 2.24) is 5.43 Å². The summed E-state index contributed by atoms with van der Waals surface area (Å²) in [6.07, 6.45) is 1.26. The zero-order chi connectivity index (χ0) is 18.4. The van der Waals surface area contributed by atoms with Crippen LogP contribution in [0.25, 0.3) is 11.1 Å². The molecule has 0 unspecified atom stereocenters. The summed E-state index contributed by atoms with van der Waals surface area (Å²) in [5, 5.41) is 14.8. The van der Waals surface area contributed by atoms with Crippen LogP contribution in [0.3, 0.4) is 0 Å². The van der Waals surface area contributed by atoms with E-state index in [0.717, 1.165) is 11.1 Å². The third-order valence-corrected chi connectivity index (χ3v) is 3.76. The van der Waals surface area contributed by atoms with Gasteiger partial charge in [-0.25, -0.2) is 5.43 Å². The van der Waals surface area contributed by atoms with Crippen molar-refractivity contribution < 1.29 is 9.72 Å². The first-order valence-electron chi connectivity index (χ1n) is 7.87. The van der Waals surface area contributed by atoms with E-state index in [1.807, 2.05) is 42.5 Å². The molecule has 0 saturated heterocycles. The number of nitro groups is 1. The van der Waals surface area contributed by atoms with Crippen LogP contribution in [-0.4, -0.2) is 17.0 Å². The Kier molecular flexibility index (Phi) is 5.14. The van der Waals surface area contributed by atoms with Crippen molar-refractivity contribution in [3.8, 4) is 11.1 Å². The monoisotopic (exact) mass is 345 g/mol. The third kappa shape index (κ3) is 3.99. The average Bonchev–Trinajstić information content (AvgIpc) is 2.69. The number of benzene rings is 3. The molecule has 1 amide bonds. The first-order chi connectivity index (χ1) is 12.6. The Morgan fingerprint density at radius 3 is 2.19 bits per heavy atom. The Balaban J connectivity index is 1.68. The summed E-state index contributed by atoms with van der Waals surface area (Å²) < 4.78 is 0. The molecular formula is C20H15N3O3. The van der Waals surface area contributed by atoms with E-state index in [-0.39, 0.29) is 11.6 Å². The van der Waals surface area contributed by atoms with Crippen molar-refractivity contribution >= 4 is 17.8 Å². The largest absolute Gasteiger partial charge is 0.278 e. The molecule has 26 heavy (non-hydrogen) atoms. The molecule has 3 rings (SSSR count). The van der Waals surface area contributed by atoms with Gasteiger partial charge in [0.25, 0.3) is 11.6 Å². The smallest absolute Gasteiger partial charge is 0.267 e. The van der Waals surface area contributed by atoms with Gasteiger partial charge < -0.3 is 0 Å². The Morgan fingerprint density at radius 2 is 1.50 bits per heavy atom. The van der Waals surface area contributed by atoms with Gasteiger partial charge in [-0.1, -0.05) is 54.6 Å². The lowest BCUT2D eigenvalue weighted by atomic mass is 10.0. The van der Waals surface area contributed by atoms with Gasteiger partial charge in [-0.2, -0.15) is 5.10 Å². The van der Waals surface area contributed by atoms with Crippen LogP contribution < -0.4 is 5.43 Å². The maximum absolute atomic E-state index is 12.1. The fourth-order valence-corrected chi connectivity index (χ4v) is 2.43. The molecule has 6 heteroatoms. The summed E-state index contributed by atoms with van der Waals surface area (Å²) in [6, 6.07) is 23.1. The number of amides is 1. The van der Waals surface area contributed by atoms with Crippen LogP contribution in [0.5, 0.6) is 0 Å². The van der Waals surface area contributed by atoms with Gasteiger partial charge in [0.05, 0.1) is 16.7 Å². The Hall–Kier alpha value is -3.80. The van der Waals surface area contributed by atoms with E-state index in [2.05, 4.69) is 10.5 Å². The predicted molar refractivity (Wildman–Crippen MR) is 100 cm³/mol. The first kappa shape index (κ1) is 17.0. The number of para-hydroxylation sites is 1. The van der Waals surface area contributed by atoms with Gasteiger partial charge in [0.15, 0.2) is 0 Å². The van der Waals surface area contributed by atoms with Crippen LogP contribution in [0.2, 0.25) is 0 Å². The SMILES string of the molecule is O=C(N/N=C/c1ccccc1[N+](=O)[O-])c1ccc(-c2ccccc2)cc1. The Bertz CT molecular complexity index is 952. The molecule has 0 fully saturated rings. The summed E-state index contributed by atoms with van der Waals surface area (Å²) in [4.78, 5) is 22.6. The second-order valence-electron chi connectivity index (χ2n) is 5.46. The number of nitrogens with zero attached hydrogens (tertiary/aromatic N) is 2. The molecule has 0 aliphatic heterocycles. The van der Waals surface area contributed by atoms with Gasteiger partial charge in [-0.15, -0.1) is 0 Å². The Morgan fingerprint density at radius 1 is 0.885 bits per heavy atom. The van der Waals surface area contributed by atoms with Gasteiger partial charge in [0.1, 0.15) is 0 Å². The van der Waals surface area contributed by atoms with Crippen molar-refractivity contribution in [3.05, 3.63) is 100 Å². The summed E-state index contributed by atoms with van der Waals surface area (Å²) in [7, 11) is 0. The molecule has 0 bridgehead atoms. The maximum Gasteiger partial charge on any atom is 0.278 e. The summed E-state index contributed by atoms with van der Waals surface area (Å²) in [5.41, 5.74) is 5.14. The van der Waals surface area contributed by atoms with Crippen molar-refractivity contribution in [1.29, 1.82) is 0 Å². The van der Waals surface area contributed by atoms with Crippen LogP contribution in [0.4, 0.5) is 5.69 Å². The highest BCUT2D eigenvalue weighted by Crippen LogP contribution is 2.19. The number of nitrogens with one attached hydrogen (secondary N) is 1. The zero-order valence-electron chi connectivity index (χ0n) is 13.7. The fourth-order valence-electron chi connectivity index (χ4n) is 2.43. The molecule has 0 aliphatic carbocycles. The number of nitro benzene ring substituents is 1. The predicted octanol–water partition coefficient (Wildman–Crippen LogP) is 4.03. The lowest BCUT2D eigenvalue weighted by molar-refractivity contribution is -0.385. The normalized spacial score (nSPS) is 10.6. The number of hydrogen-bond acceptors (Lipinski definition) is 4. The van der Waals surface area contributed by atoms with Gasteiger partial charge in [-0.3, -0.25) is 14.9 Å². The minimum atomic E-state index is -0.495. The molecule has 0 saturated carbocycles. The molecule has 0 atom stereocenters. The second-order valence-corrected chi connectivity index (χ2v) is 5.46. The standard InChI is InChI=1S/C20H15N3O3/c24-20(22-21-14-18-8-4-5-9-19(18)23(25)26)17-12-10-16(11-13-17)15-6-2-1-3-7-15/h1-14H,(H,22,24)/b21-14+. The van der Waals surface area contributed by atoms with Crippen molar-refractivity contribution in [2.24, 2.45) is 5.10 Å². The number of carbonyl (C=O) groups is 1. The molecule has 0 aromatic heterocycles. The minimum Gasteiger partial charge on any atom is -0.267 e. The van der Waals surface area contributed by atoms with Crippen LogP contribution >= 0.6 is 0 Å². The van der Waals surface area contributed by atoms with Crippen molar-refractivity contribution in [2.45, 2.75) is 0 Å². The lowest BCUT2D eigenvalue weighted by Gasteiger charge is -2.03. The molecular weight excluding hydrogens is 330 g/mol. The number of carbonyl (C=O) groups excluding carboxylic acids is 1. The fraction of sp³-hybridized carbons (Fsp3) is 0. The summed E-state index contributed by atoms with van der Waals surface area (Å²) >= 11 is 0. The molecule has 0 aliphatic rings. The molecule has 0 radical (unpaired) electrons. The van der Waals surface area contributed by atoms with Crippen LogP contribution in [-0.2, 0) is 0 Å². The highest BCUT2D eigenvalue weighted by molar-refractivity contribution is 5.95. The molecule has 0 spiro atoms. The number of hydrogen-bond donors (Lipinski definition) is 1. The van der Waals surface area contributed by atoms with Gasteiger partial charge in [0, 0.05) is 11.6 Å². The van der Waals surface area contributed by atoms with E-state index >= 15 is 0 Å². The van der Waals surface area contributed by atoms with Crippen LogP contribution in [0.15, 0.2) is 84.0 Å². The van der Waals surface area contributed by atoms with E-state index in [9.17, 15) is 14.9 Å². The topological polar surface area (TPSA) is 84.6 Å². The van der Waals surface area contributed by atoms with Gasteiger partial charge in [0.2, 0.25) is 0 Å². The van der Waals surface area contributed by atoms with E-state index in [4.69, 9.17) is 0 Å². The first-order valence-corrected chi connectivity index (χ1v) is 7.87. The summed E-state index contributed by atoms with van der Waals surface area (Å²) in [5.74, 6) is -0.389. The zero-order valence-corrected chi connectivity index (χ0v) is 13.7. The number of hydrazone groups is 1. The van der Waals surface area contributed by atoms with E-state index < -0.39 is 4.92 Å².